The highest BCUT2D eigenvalue weighted by atomic mass is 127. The number of aliphatic imine (C=N–C) groups is 1. The Bertz CT molecular complexity index is 800. The van der Waals surface area contributed by atoms with Gasteiger partial charge in [0.25, 0.3) is 0 Å². The van der Waals surface area contributed by atoms with Crippen molar-refractivity contribution in [2.24, 2.45) is 4.99 Å². The van der Waals surface area contributed by atoms with Crippen molar-refractivity contribution >= 4 is 51.3 Å². The SMILES string of the molecule is CCNC(=NCCNS(=O)(=O)c1cccs1)N(C)CCOc1ccccc1.I. The van der Waals surface area contributed by atoms with E-state index in [0.717, 1.165) is 12.3 Å². The van der Waals surface area contributed by atoms with Crippen molar-refractivity contribution in [1.82, 2.24) is 14.9 Å². The lowest BCUT2D eigenvalue weighted by Gasteiger charge is -2.22. The molecule has 1 aromatic heterocycles. The molecule has 1 aromatic carbocycles. The van der Waals surface area contributed by atoms with Crippen LogP contribution in [0.2, 0.25) is 0 Å². The smallest absolute Gasteiger partial charge is 0.250 e. The molecular weight excluding hydrogens is 511 g/mol. The van der Waals surface area contributed by atoms with Crippen molar-refractivity contribution in [3.63, 3.8) is 0 Å². The second-order valence-corrected chi connectivity index (χ2v) is 8.59. The van der Waals surface area contributed by atoms with Crippen LogP contribution in [0.1, 0.15) is 6.92 Å². The number of sulfonamides is 1. The molecule has 2 aromatic rings. The zero-order valence-electron chi connectivity index (χ0n) is 16.0. The predicted molar refractivity (Wildman–Crippen MR) is 125 cm³/mol. The number of para-hydroxylation sites is 1. The maximum atomic E-state index is 12.1. The van der Waals surface area contributed by atoms with Gasteiger partial charge in [0, 0.05) is 20.1 Å². The minimum atomic E-state index is -3.45. The van der Waals surface area contributed by atoms with Crippen LogP contribution in [0.25, 0.3) is 0 Å². The minimum absolute atomic E-state index is 0. The van der Waals surface area contributed by atoms with Gasteiger partial charge in [-0.2, -0.15) is 0 Å². The van der Waals surface area contributed by atoms with Crippen molar-refractivity contribution in [3.05, 3.63) is 47.8 Å². The monoisotopic (exact) mass is 538 g/mol. The van der Waals surface area contributed by atoms with Crippen LogP contribution in [-0.4, -0.2) is 59.1 Å². The summed E-state index contributed by atoms with van der Waals surface area (Å²) in [6.45, 7) is 4.48. The lowest BCUT2D eigenvalue weighted by Crippen LogP contribution is -2.41. The van der Waals surface area contributed by atoms with Crippen molar-refractivity contribution < 1.29 is 13.2 Å². The number of nitrogens with one attached hydrogen (secondary N) is 2. The quantitative estimate of drug-likeness (QED) is 0.210. The molecule has 0 saturated carbocycles. The third-order valence-electron chi connectivity index (χ3n) is 3.56. The number of ether oxygens (including phenoxy) is 1. The minimum Gasteiger partial charge on any atom is -0.492 e. The summed E-state index contributed by atoms with van der Waals surface area (Å²) in [5.74, 6) is 1.54. The second-order valence-electron chi connectivity index (χ2n) is 5.65. The summed E-state index contributed by atoms with van der Waals surface area (Å²) in [5.41, 5.74) is 0. The Morgan fingerprint density at radius 1 is 1.21 bits per heavy atom. The Morgan fingerprint density at radius 3 is 2.61 bits per heavy atom. The number of guanidine groups is 1. The molecule has 7 nitrogen and oxygen atoms in total. The molecule has 0 bridgehead atoms. The maximum Gasteiger partial charge on any atom is 0.250 e. The molecule has 2 N–H and O–H groups in total. The second kappa shape index (κ2) is 13.0. The topological polar surface area (TPSA) is 83.0 Å². The Balaban J connectivity index is 0.00000392. The van der Waals surface area contributed by atoms with Crippen LogP contribution in [0.15, 0.2) is 57.0 Å². The summed E-state index contributed by atoms with van der Waals surface area (Å²) in [7, 11) is -1.52. The highest BCUT2D eigenvalue weighted by molar-refractivity contribution is 14.0. The largest absolute Gasteiger partial charge is 0.492 e. The van der Waals surface area contributed by atoms with Crippen LogP contribution in [0, 0.1) is 0 Å². The normalized spacial score (nSPS) is 11.6. The van der Waals surface area contributed by atoms with E-state index in [2.05, 4.69) is 15.0 Å². The van der Waals surface area contributed by atoms with E-state index >= 15 is 0 Å². The zero-order valence-corrected chi connectivity index (χ0v) is 20.0. The number of thiophene rings is 1. The first-order valence-electron chi connectivity index (χ1n) is 8.73. The molecule has 28 heavy (non-hydrogen) atoms. The lowest BCUT2D eigenvalue weighted by atomic mass is 10.3. The number of halogens is 1. The predicted octanol–water partition coefficient (Wildman–Crippen LogP) is 2.62. The third kappa shape index (κ3) is 8.33. The summed E-state index contributed by atoms with van der Waals surface area (Å²) in [6.07, 6.45) is 0. The molecule has 0 fully saturated rings. The summed E-state index contributed by atoms with van der Waals surface area (Å²) >= 11 is 1.19. The molecule has 2 rings (SSSR count). The van der Waals surface area contributed by atoms with E-state index in [9.17, 15) is 8.42 Å². The number of benzene rings is 1. The molecule has 0 aliphatic rings. The van der Waals surface area contributed by atoms with Gasteiger partial charge in [-0.25, -0.2) is 13.1 Å². The van der Waals surface area contributed by atoms with Gasteiger partial charge in [0.1, 0.15) is 16.6 Å². The van der Waals surface area contributed by atoms with E-state index in [0.29, 0.717) is 29.9 Å². The number of hydrogen-bond donors (Lipinski definition) is 2. The van der Waals surface area contributed by atoms with Crippen LogP contribution < -0.4 is 14.8 Å². The molecule has 0 aliphatic carbocycles. The standard InChI is InChI=1S/C18H26N4O3S2.HI/c1-3-19-18(22(2)13-14-25-16-8-5-4-6-9-16)20-11-12-21-27(23,24)17-10-7-15-26-17;/h4-10,15,21H,3,11-14H2,1-2H3,(H,19,20);1H. The molecular formula is C18H27IN4O3S2. The molecule has 1 heterocycles. The van der Waals surface area contributed by atoms with Crippen molar-refractivity contribution in [3.8, 4) is 5.75 Å². The van der Waals surface area contributed by atoms with Gasteiger partial charge in [-0.05, 0) is 30.5 Å². The van der Waals surface area contributed by atoms with E-state index in [1.54, 1.807) is 17.5 Å². The first kappa shape index (κ1) is 24.7. The molecule has 0 radical (unpaired) electrons. The Morgan fingerprint density at radius 2 is 1.96 bits per heavy atom. The summed E-state index contributed by atoms with van der Waals surface area (Å²) < 4.78 is 32.7. The zero-order chi connectivity index (χ0) is 19.5. The van der Waals surface area contributed by atoms with Crippen LogP contribution in [0.5, 0.6) is 5.75 Å². The first-order valence-corrected chi connectivity index (χ1v) is 11.1. The third-order valence-corrected chi connectivity index (χ3v) is 6.42. The van der Waals surface area contributed by atoms with Crippen LogP contribution in [-0.2, 0) is 10.0 Å². The van der Waals surface area contributed by atoms with Gasteiger partial charge in [-0.15, -0.1) is 35.3 Å². The van der Waals surface area contributed by atoms with Crippen LogP contribution >= 0.6 is 35.3 Å². The fraction of sp³-hybridized carbons (Fsp3) is 0.389. The average Bonchev–Trinajstić information content (AvgIpc) is 3.21. The van der Waals surface area contributed by atoms with Crippen molar-refractivity contribution in [1.29, 1.82) is 0 Å². The fourth-order valence-corrected chi connectivity index (χ4v) is 4.28. The number of hydrogen-bond acceptors (Lipinski definition) is 5. The van der Waals surface area contributed by atoms with Gasteiger partial charge >= 0.3 is 0 Å². The Kier molecular flexibility index (Phi) is 11.4. The van der Waals surface area contributed by atoms with Crippen molar-refractivity contribution in [2.75, 3.05) is 39.8 Å². The molecule has 0 aliphatic heterocycles. The molecule has 156 valence electrons. The van der Waals surface area contributed by atoms with Gasteiger partial charge in [-0.1, -0.05) is 24.3 Å². The van der Waals surface area contributed by atoms with Crippen LogP contribution in [0.3, 0.4) is 0 Å². The van der Waals surface area contributed by atoms with E-state index in [-0.39, 0.29) is 30.5 Å². The highest BCUT2D eigenvalue weighted by Gasteiger charge is 2.14. The molecule has 0 atom stereocenters. The highest BCUT2D eigenvalue weighted by Crippen LogP contribution is 2.14. The molecule has 10 heteroatoms. The summed E-state index contributed by atoms with van der Waals surface area (Å²) in [4.78, 5) is 6.43. The average molecular weight is 538 g/mol. The molecule has 0 unspecified atom stereocenters. The molecule has 0 amide bonds. The molecule has 0 spiro atoms. The lowest BCUT2D eigenvalue weighted by molar-refractivity contribution is 0.281. The van der Waals surface area contributed by atoms with Gasteiger partial charge in [-0.3, -0.25) is 4.99 Å². The van der Waals surface area contributed by atoms with Gasteiger partial charge in [0.2, 0.25) is 10.0 Å². The first-order chi connectivity index (χ1) is 13.0. The Hall–Kier alpha value is -1.37. The van der Waals surface area contributed by atoms with Crippen LogP contribution in [0.4, 0.5) is 0 Å². The number of nitrogens with zero attached hydrogens (tertiary/aromatic N) is 2. The van der Waals surface area contributed by atoms with Gasteiger partial charge in [0.05, 0.1) is 13.1 Å². The fourth-order valence-electron chi connectivity index (χ4n) is 2.22. The Labute approximate surface area is 188 Å². The van der Waals surface area contributed by atoms with Gasteiger partial charge < -0.3 is 15.0 Å². The van der Waals surface area contributed by atoms with E-state index < -0.39 is 10.0 Å². The van der Waals surface area contributed by atoms with E-state index in [1.165, 1.54) is 11.3 Å². The maximum absolute atomic E-state index is 12.1. The van der Waals surface area contributed by atoms with Crippen molar-refractivity contribution in [2.45, 2.75) is 11.1 Å². The van der Waals surface area contributed by atoms with Gasteiger partial charge in [0.15, 0.2) is 5.96 Å². The number of rotatable bonds is 10. The number of likely N-dealkylation sites (N-methyl/N-ethyl adjacent to an activating group) is 1. The van der Waals surface area contributed by atoms with E-state index in [1.807, 2.05) is 49.2 Å². The van der Waals surface area contributed by atoms with E-state index in [4.69, 9.17) is 4.74 Å². The molecule has 0 saturated heterocycles. The summed E-state index contributed by atoms with van der Waals surface area (Å²) in [5, 5.41) is 4.94. The summed E-state index contributed by atoms with van der Waals surface area (Å²) in [6, 6.07) is 12.9.